The SMILES string of the molecule is C=CCCC(CCCCCC1(c2ccc(F)c(C=C)c2)CC1)C(=C)NC.CCC1CC1.N. The van der Waals surface area contributed by atoms with Gasteiger partial charge in [0.25, 0.3) is 0 Å². The van der Waals surface area contributed by atoms with Gasteiger partial charge < -0.3 is 11.5 Å². The lowest BCUT2D eigenvalue weighted by molar-refractivity contribution is 0.455. The second-order valence-electron chi connectivity index (χ2n) is 9.51. The van der Waals surface area contributed by atoms with Crippen LogP contribution in [0.5, 0.6) is 0 Å². The number of allylic oxidation sites excluding steroid dienone is 2. The van der Waals surface area contributed by atoms with E-state index in [9.17, 15) is 4.39 Å². The van der Waals surface area contributed by atoms with Gasteiger partial charge in [-0.3, -0.25) is 0 Å². The molecule has 2 aliphatic carbocycles. The lowest BCUT2D eigenvalue weighted by Gasteiger charge is -2.20. The minimum atomic E-state index is -0.171. The molecule has 180 valence electrons. The molecule has 0 amide bonds. The van der Waals surface area contributed by atoms with Crippen LogP contribution in [-0.4, -0.2) is 7.05 Å². The van der Waals surface area contributed by atoms with Crippen molar-refractivity contribution in [2.24, 2.45) is 11.8 Å². The predicted octanol–water partition coefficient (Wildman–Crippen LogP) is 8.73. The first-order valence-electron chi connectivity index (χ1n) is 12.4. The van der Waals surface area contributed by atoms with E-state index in [0.717, 1.165) is 24.5 Å². The Morgan fingerprint density at radius 3 is 2.41 bits per heavy atom. The molecule has 2 fully saturated rings. The van der Waals surface area contributed by atoms with E-state index in [1.54, 1.807) is 12.1 Å². The molecule has 1 aromatic rings. The molecule has 2 aliphatic rings. The van der Waals surface area contributed by atoms with Crippen LogP contribution in [0.1, 0.15) is 95.1 Å². The third-order valence-corrected chi connectivity index (χ3v) is 7.20. The summed E-state index contributed by atoms with van der Waals surface area (Å²) in [5.74, 6) is 1.50. The van der Waals surface area contributed by atoms with E-state index >= 15 is 0 Å². The average Bonchev–Trinajstić information content (AvgIpc) is 3.71. The molecule has 4 N–H and O–H groups in total. The summed E-state index contributed by atoms with van der Waals surface area (Å²) in [5.41, 5.74) is 3.36. The molecule has 0 aliphatic heterocycles. The number of nitrogens with one attached hydrogen (secondary N) is 1. The molecule has 0 bridgehead atoms. The van der Waals surface area contributed by atoms with E-state index in [-0.39, 0.29) is 12.0 Å². The predicted molar refractivity (Wildman–Crippen MR) is 140 cm³/mol. The van der Waals surface area contributed by atoms with Crippen molar-refractivity contribution in [1.29, 1.82) is 0 Å². The monoisotopic (exact) mass is 442 g/mol. The quantitative estimate of drug-likeness (QED) is 0.223. The zero-order chi connectivity index (χ0) is 22.7. The molecule has 2 nitrogen and oxygen atoms in total. The van der Waals surface area contributed by atoms with Crippen molar-refractivity contribution >= 4 is 6.08 Å². The van der Waals surface area contributed by atoms with Crippen molar-refractivity contribution in [3.8, 4) is 0 Å². The molecule has 1 aromatic carbocycles. The Labute approximate surface area is 197 Å². The Bertz CT molecular complexity index is 716. The maximum atomic E-state index is 13.7. The summed E-state index contributed by atoms with van der Waals surface area (Å²) in [6.07, 6.45) is 18.8. The van der Waals surface area contributed by atoms with E-state index in [2.05, 4.69) is 32.0 Å². The number of hydrogen-bond acceptors (Lipinski definition) is 2. The van der Waals surface area contributed by atoms with Crippen molar-refractivity contribution < 1.29 is 4.39 Å². The van der Waals surface area contributed by atoms with Crippen LogP contribution in [0.2, 0.25) is 0 Å². The number of halogens is 1. The molecule has 0 heterocycles. The summed E-state index contributed by atoms with van der Waals surface area (Å²) in [7, 11) is 1.96. The van der Waals surface area contributed by atoms with E-state index in [1.165, 1.54) is 69.8 Å². The highest BCUT2D eigenvalue weighted by Gasteiger charge is 2.43. The van der Waals surface area contributed by atoms with Crippen molar-refractivity contribution in [3.05, 3.63) is 66.7 Å². The lowest BCUT2D eigenvalue weighted by Crippen LogP contribution is -2.15. The fraction of sp³-hybridized carbons (Fsp3) is 0.586. The average molecular weight is 443 g/mol. The maximum absolute atomic E-state index is 13.7. The lowest BCUT2D eigenvalue weighted by atomic mass is 9.88. The molecule has 1 unspecified atom stereocenters. The highest BCUT2D eigenvalue weighted by Crippen LogP contribution is 2.52. The molecule has 0 radical (unpaired) electrons. The molecule has 3 rings (SSSR count). The summed E-state index contributed by atoms with van der Waals surface area (Å²) >= 11 is 0. The summed E-state index contributed by atoms with van der Waals surface area (Å²) < 4.78 is 13.7. The first-order chi connectivity index (χ1) is 15.0. The number of benzene rings is 1. The van der Waals surface area contributed by atoms with Crippen molar-refractivity contribution in [1.82, 2.24) is 11.5 Å². The highest BCUT2D eigenvalue weighted by molar-refractivity contribution is 5.51. The minimum absolute atomic E-state index is 0. The topological polar surface area (TPSA) is 47.0 Å². The first-order valence-corrected chi connectivity index (χ1v) is 12.4. The molecule has 0 aromatic heterocycles. The maximum Gasteiger partial charge on any atom is 0.130 e. The van der Waals surface area contributed by atoms with Crippen LogP contribution < -0.4 is 11.5 Å². The van der Waals surface area contributed by atoms with Gasteiger partial charge in [0.15, 0.2) is 0 Å². The van der Waals surface area contributed by atoms with Gasteiger partial charge >= 0.3 is 0 Å². The van der Waals surface area contributed by atoms with E-state index in [4.69, 9.17) is 0 Å². The highest BCUT2D eigenvalue weighted by atomic mass is 19.1. The van der Waals surface area contributed by atoms with Crippen LogP contribution in [0, 0.1) is 17.7 Å². The number of rotatable bonds is 14. The molecule has 32 heavy (non-hydrogen) atoms. The van der Waals surface area contributed by atoms with Crippen LogP contribution in [0.3, 0.4) is 0 Å². The van der Waals surface area contributed by atoms with E-state index < -0.39 is 0 Å². The summed E-state index contributed by atoms with van der Waals surface area (Å²) in [5, 5.41) is 3.22. The summed E-state index contributed by atoms with van der Waals surface area (Å²) in [4.78, 5) is 0. The Morgan fingerprint density at radius 1 is 1.19 bits per heavy atom. The second-order valence-corrected chi connectivity index (χ2v) is 9.51. The standard InChI is InChI=1S/C24H34FN.C5H10.H3N/c1-5-7-11-21(19(3)26-4)12-9-8-10-15-24(16-17-24)22-13-14-23(25)20(6-2)18-22;1-2-5-3-4-5;/h5-6,13-14,18,21,26H,1-3,7-12,15-17H2,4H3;5H,2-4H2,1H3;1H3. The Kier molecular flexibility index (Phi) is 12.6. The second kappa shape index (κ2) is 14.3. The Balaban J connectivity index is 0.000000750. The van der Waals surface area contributed by atoms with Crippen LogP contribution in [0.15, 0.2) is 49.7 Å². The van der Waals surface area contributed by atoms with Gasteiger partial charge in [0.05, 0.1) is 0 Å². The van der Waals surface area contributed by atoms with Gasteiger partial charge in [-0.25, -0.2) is 4.39 Å². The van der Waals surface area contributed by atoms with Gasteiger partial charge in [0.1, 0.15) is 5.82 Å². The number of hydrogen-bond donors (Lipinski definition) is 2. The zero-order valence-corrected chi connectivity index (χ0v) is 20.7. The van der Waals surface area contributed by atoms with Gasteiger partial charge in [-0.1, -0.05) is 76.8 Å². The zero-order valence-electron chi connectivity index (χ0n) is 20.7. The molecular formula is C29H47FN2. The van der Waals surface area contributed by atoms with E-state index in [1.807, 2.05) is 25.3 Å². The van der Waals surface area contributed by atoms with Crippen molar-refractivity contribution in [2.75, 3.05) is 7.05 Å². The summed E-state index contributed by atoms with van der Waals surface area (Å²) in [6, 6.07) is 5.56. The Hall–Kier alpha value is -1.87. The fourth-order valence-electron chi connectivity index (χ4n) is 4.44. The van der Waals surface area contributed by atoms with Gasteiger partial charge in [0.2, 0.25) is 0 Å². The Morgan fingerprint density at radius 2 is 1.91 bits per heavy atom. The third kappa shape index (κ3) is 8.94. The fourth-order valence-corrected chi connectivity index (χ4v) is 4.44. The van der Waals surface area contributed by atoms with Crippen LogP contribution in [0.25, 0.3) is 6.08 Å². The van der Waals surface area contributed by atoms with Gasteiger partial charge in [-0.05, 0) is 73.5 Å². The van der Waals surface area contributed by atoms with Gasteiger partial charge in [-0.15, -0.1) is 6.58 Å². The van der Waals surface area contributed by atoms with Crippen LogP contribution in [0.4, 0.5) is 4.39 Å². The molecule has 0 spiro atoms. The largest absolute Gasteiger partial charge is 0.392 e. The smallest absolute Gasteiger partial charge is 0.130 e. The minimum Gasteiger partial charge on any atom is -0.392 e. The molecule has 0 saturated heterocycles. The van der Waals surface area contributed by atoms with Crippen LogP contribution >= 0.6 is 0 Å². The third-order valence-electron chi connectivity index (χ3n) is 7.20. The van der Waals surface area contributed by atoms with Crippen LogP contribution in [-0.2, 0) is 5.41 Å². The number of unbranched alkanes of at least 4 members (excludes halogenated alkanes) is 2. The van der Waals surface area contributed by atoms with Crippen molar-refractivity contribution in [2.45, 2.75) is 89.4 Å². The summed E-state index contributed by atoms with van der Waals surface area (Å²) in [6.45, 7) is 14.0. The molecule has 2 saturated carbocycles. The molecular weight excluding hydrogens is 395 g/mol. The van der Waals surface area contributed by atoms with Crippen molar-refractivity contribution in [3.63, 3.8) is 0 Å². The molecule has 3 heteroatoms. The van der Waals surface area contributed by atoms with Gasteiger partial charge in [0, 0.05) is 18.3 Å². The van der Waals surface area contributed by atoms with E-state index in [0.29, 0.717) is 16.9 Å². The molecule has 1 atom stereocenters. The van der Waals surface area contributed by atoms with Gasteiger partial charge in [-0.2, -0.15) is 0 Å². The first kappa shape index (κ1) is 28.2. The normalized spacial score (nSPS) is 16.6.